The lowest BCUT2D eigenvalue weighted by Crippen LogP contribution is -2.26. The Balaban J connectivity index is 1.97. The Bertz CT molecular complexity index is 527. The Morgan fingerprint density at radius 2 is 2.17 bits per heavy atom. The second-order valence-corrected chi connectivity index (χ2v) is 6.31. The Hall–Kier alpha value is -1.41. The van der Waals surface area contributed by atoms with E-state index in [0.29, 0.717) is 17.6 Å². The van der Waals surface area contributed by atoms with Crippen molar-refractivity contribution < 1.29 is 8.42 Å². The number of nitrogen functional groups attached to an aromatic ring is 1. The predicted molar refractivity (Wildman–Crippen MR) is 69.8 cm³/mol. The van der Waals surface area contributed by atoms with Crippen LogP contribution < -0.4 is 15.8 Å². The molecule has 4 N–H and O–H groups in total. The van der Waals surface area contributed by atoms with E-state index in [0.717, 1.165) is 18.7 Å². The maximum absolute atomic E-state index is 11.2. The molecule has 0 bridgehead atoms. The molecule has 1 saturated carbocycles. The average molecular weight is 271 g/mol. The summed E-state index contributed by atoms with van der Waals surface area (Å²) in [7, 11) is -1.81. The number of hydrogen-bond donors (Lipinski definition) is 3. The van der Waals surface area contributed by atoms with E-state index in [-0.39, 0.29) is 12.3 Å². The van der Waals surface area contributed by atoms with Crippen molar-refractivity contribution in [3.05, 3.63) is 11.9 Å². The topological polar surface area (TPSA) is 110 Å². The predicted octanol–water partition coefficient (Wildman–Crippen LogP) is -0.103. The van der Waals surface area contributed by atoms with Gasteiger partial charge < -0.3 is 11.1 Å². The average Bonchev–Trinajstić information content (AvgIpc) is 3.12. The van der Waals surface area contributed by atoms with E-state index in [4.69, 9.17) is 5.73 Å². The molecule has 1 fully saturated rings. The molecule has 0 radical (unpaired) electrons. The second kappa shape index (κ2) is 5.07. The highest BCUT2D eigenvalue weighted by molar-refractivity contribution is 7.89. The zero-order valence-electron chi connectivity index (χ0n) is 10.2. The SMILES string of the molecule is CNS(=O)(=O)CCNc1cc(N)nc(C2CC2)n1. The highest BCUT2D eigenvalue weighted by atomic mass is 32.2. The Labute approximate surface area is 106 Å². The van der Waals surface area contributed by atoms with Crippen LogP contribution >= 0.6 is 0 Å². The van der Waals surface area contributed by atoms with Gasteiger partial charge in [-0.05, 0) is 19.9 Å². The molecule has 0 atom stereocenters. The molecular formula is C10H17N5O2S. The molecule has 100 valence electrons. The van der Waals surface area contributed by atoms with E-state index < -0.39 is 10.0 Å². The van der Waals surface area contributed by atoms with Gasteiger partial charge in [-0.15, -0.1) is 0 Å². The van der Waals surface area contributed by atoms with Crippen LogP contribution in [0.15, 0.2) is 6.07 Å². The number of anilines is 2. The molecule has 1 aromatic rings. The summed E-state index contributed by atoms with van der Waals surface area (Å²) in [4.78, 5) is 8.49. The molecule has 1 aromatic heterocycles. The monoisotopic (exact) mass is 271 g/mol. The second-order valence-electron chi connectivity index (χ2n) is 4.26. The minimum Gasteiger partial charge on any atom is -0.384 e. The largest absolute Gasteiger partial charge is 0.384 e. The van der Waals surface area contributed by atoms with Gasteiger partial charge in [0.15, 0.2) is 0 Å². The van der Waals surface area contributed by atoms with Gasteiger partial charge in [-0.2, -0.15) is 0 Å². The van der Waals surface area contributed by atoms with Crippen molar-refractivity contribution in [1.29, 1.82) is 0 Å². The van der Waals surface area contributed by atoms with E-state index >= 15 is 0 Å². The van der Waals surface area contributed by atoms with E-state index in [9.17, 15) is 8.42 Å². The number of rotatable bonds is 6. The molecule has 0 aromatic carbocycles. The van der Waals surface area contributed by atoms with Crippen LogP contribution in [-0.4, -0.2) is 37.7 Å². The Morgan fingerprint density at radius 3 is 2.78 bits per heavy atom. The summed E-state index contributed by atoms with van der Waals surface area (Å²) < 4.78 is 24.7. The fourth-order valence-electron chi connectivity index (χ4n) is 1.52. The smallest absolute Gasteiger partial charge is 0.213 e. The van der Waals surface area contributed by atoms with Crippen molar-refractivity contribution in [3.8, 4) is 0 Å². The summed E-state index contributed by atoms with van der Waals surface area (Å²) >= 11 is 0. The Kier molecular flexibility index (Phi) is 3.67. The summed E-state index contributed by atoms with van der Waals surface area (Å²) in [5.41, 5.74) is 5.69. The molecule has 0 amide bonds. The molecule has 1 aliphatic carbocycles. The van der Waals surface area contributed by atoms with Gasteiger partial charge in [0, 0.05) is 18.5 Å². The molecule has 2 rings (SSSR count). The molecule has 0 unspecified atom stereocenters. The van der Waals surface area contributed by atoms with Gasteiger partial charge in [-0.1, -0.05) is 0 Å². The van der Waals surface area contributed by atoms with Gasteiger partial charge in [0.1, 0.15) is 17.5 Å². The molecule has 1 heterocycles. The third-order valence-corrected chi connectivity index (χ3v) is 4.06. The lowest BCUT2D eigenvalue weighted by molar-refractivity contribution is 0.588. The zero-order chi connectivity index (χ0) is 13.2. The lowest BCUT2D eigenvalue weighted by atomic mass is 10.4. The third kappa shape index (κ3) is 3.54. The summed E-state index contributed by atoms with van der Waals surface area (Å²) in [6.45, 7) is 0.281. The molecule has 8 heteroatoms. The molecular weight excluding hydrogens is 254 g/mol. The highest BCUT2D eigenvalue weighted by Crippen LogP contribution is 2.38. The van der Waals surface area contributed by atoms with Crippen LogP contribution in [0, 0.1) is 0 Å². The first-order valence-corrected chi connectivity index (χ1v) is 7.45. The standard InChI is InChI=1S/C10H17N5O2S/c1-12-18(16,17)5-4-13-9-6-8(11)14-10(15-9)7-2-3-7/h6-7,12H,2-5H2,1H3,(H3,11,13,14,15). The van der Waals surface area contributed by atoms with Gasteiger partial charge in [0.2, 0.25) is 10.0 Å². The van der Waals surface area contributed by atoms with Gasteiger partial charge in [-0.3, -0.25) is 0 Å². The first-order chi connectivity index (χ1) is 8.50. The molecule has 7 nitrogen and oxygen atoms in total. The van der Waals surface area contributed by atoms with Gasteiger partial charge in [0.05, 0.1) is 5.75 Å². The first-order valence-electron chi connectivity index (χ1n) is 5.80. The van der Waals surface area contributed by atoms with Crippen molar-refractivity contribution in [1.82, 2.24) is 14.7 Å². The van der Waals surface area contributed by atoms with Crippen molar-refractivity contribution >= 4 is 21.7 Å². The van der Waals surface area contributed by atoms with E-state index in [1.807, 2.05) is 0 Å². The fourth-order valence-corrected chi connectivity index (χ4v) is 2.09. The van der Waals surface area contributed by atoms with Gasteiger partial charge in [0.25, 0.3) is 0 Å². The maximum atomic E-state index is 11.2. The summed E-state index contributed by atoms with van der Waals surface area (Å²) in [6.07, 6.45) is 2.19. The van der Waals surface area contributed by atoms with Crippen LogP contribution in [0.3, 0.4) is 0 Å². The normalized spacial score (nSPS) is 15.6. The summed E-state index contributed by atoms with van der Waals surface area (Å²) in [5, 5.41) is 2.95. The summed E-state index contributed by atoms with van der Waals surface area (Å²) in [5.74, 6) is 2.14. The van der Waals surface area contributed by atoms with E-state index in [1.54, 1.807) is 6.07 Å². The quantitative estimate of drug-likeness (QED) is 0.666. The van der Waals surface area contributed by atoms with Gasteiger partial charge in [-0.25, -0.2) is 23.1 Å². The zero-order valence-corrected chi connectivity index (χ0v) is 11.0. The first kappa shape index (κ1) is 13.0. The minimum absolute atomic E-state index is 0.00777. The number of nitrogens with two attached hydrogens (primary N) is 1. The number of hydrogen-bond acceptors (Lipinski definition) is 6. The molecule has 18 heavy (non-hydrogen) atoms. The van der Waals surface area contributed by atoms with Crippen molar-refractivity contribution in [2.45, 2.75) is 18.8 Å². The van der Waals surface area contributed by atoms with Crippen molar-refractivity contribution in [2.75, 3.05) is 30.4 Å². The van der Waals surface area contributed by atoms with E-state index in [1.165, 1.54) is 7.05 Å². The van der Waals surface area contributed by atoms with Gasteiger partial charge >= 0.3 is 0 Å². The van der Waals surface area contributed by atoms with Crippen LogP contribution in [0.1, 0.15) is 24.6 Å². The molecule has 0 saturated heterocycles. The van der Waals surface area contributed by atoms with Crippen LogP contribution in [0.4, 0.5) is 11.6 Å². The highest BCUT2D eigenvalue weighted by Gasteiger charge is 2.27. The van der Waals surface area contributed by atoms with Crippen molar-refractivity contribution in [3.63, 3.8) is 0 Å². The number of aromatic nitrogens is 2. The minimum atomic E-state index is -3.20. The third-order valence-electron chi connectivity index (χ3n) is 2.69. The molecule has 0 aliphatic heterocycles. The fraction of sp³-hybridized carbons (Fsp3) is 0.600. The Morgan fingerprint density at radius 1 is 1.44 bits per heavy atom. The van der Waals surface area contributed by atoms with Crippen LogP contribution in [-0.2, 0) is 10.0 Å². The number of sulfonamides is 1. The van der Waals surface area contributed by atoms with Crippen LogP contribution in [0.25, 0.3) is 0 Å². The summed E-state index contributed by atoms with van der Waals surface area (Å²) in [6, 6.07) is 1.61. The molecule has 1 aliphatic rings. The van der Waals surface area contributed by atoms with Crippen LogP contribution in [0.5, 0.6) is 0 Å². The lowest BCUT2D eigenvalue weighted by Gasteiger charge is -2.08. The number of nitrogens with zero attached hydrogens (tertiary/aromatic N) is 2. The van der Waals surface area contributed by atoms with Crippen LogP contribution in [0.2, 0.25) is 0 Å². The maximum Gasteiger partial charge on any atom is 0.213 e. The number of nitrogens with one attached hydrogen (secondary N) is 2. The van der Waals surface area contributed by atoms with Crippen molar-refractivity contribution in [2.24, 2.45) is 0 Å². The molecule has 0 spiro atoms. The van der Waals surface area contributed by atoms with E-state index in [2.05, 4.69) is 20.0 Å².